The molecule has 0 spiro atoms. The summed E-state index contributed by atoms with van der Waals surface area (Å²) < 4.78 is 5.59. The average molecular weight is 306 g/mol. The van der Waals surface area contributed by atoms with Gasteiger partial charge in [-0.3, -0.25) is 0 Å². The van der Waals surface area contributed by atoms with Crippen molar-refractivity contribution in [3.63, 3.8) is 0 Å². The van der Waals surface area contributed by atoms with Crippen LogP contribution >= 0.6 is 0 Å². The summed E-state index contributed by atoms with van der Waals surface area (Å²) >= 11 is 0. The van der Waals surface area contributed by atoms with Gasteiger partial charge in [0.15, 0.2) is 0 Å². The number of piperidine rings is 1. The van der Waals surface area contributed by atoms with Crippen molar-refractivity contribution in [1.82, 2.24) is 10.2 Å². The van der Waals surface area contributed by atoms with Gasteiger partial charge in [0.05, 0.1) is 6.61 Å². The van der Waals surface area contributed by atoms with E-state index in [4.69, 9.17) is 9.84 Å². The molecule has 1 saturated heterocycles. The second kappa shape index (κ2) is 8.63. The van der Waals surface area contributed by atoms with E-state index in [2.05, 4.69) is 5.32 Å². The van der Waals surface area contributed by atoms with Gasteiger partial charge in [-0.25, -0.2) is 4.79 Å². The molecule has 0 aliphatic carbocycles. The number of ether oxygens (including phenoxy) is 1. The molecular formula is C17H26N2O3. The van der Waals surface area contributed by atoms with Gasteiger partial charge in [-0.1, -0.05) is 18.2 Å². The van der Waals surface area contributed by atoms with E-state index in [1.807, 2.05) is 36.1 Å². The van der Waals surface area contributed by atoms with E-state index >= 15 is 0 Å². The standard InChI is InChI=1S/C17H26N2O3/c1-2-22-16-6-4-3-5-15(16)7-10-18-17(21)19-11-8-14(13-20)9-12-19/h3-6,14,20H,2,7-13H2,1H3,(H,18,21). The molecule has 2 N–H and O–H groups in total. The minimum absolute atomic E-state index is 0.00900. The maximum absolute atomic E-state index is 12.1. The zero-order chi connectivity index (χ0) is 15.8. The molecule has 5 nitrogen and oxygen atoms in total. The fraction of sp³-hybridized carbons (Fsp3) is 0.588. The van der Waals surface area contributed by atoms with Crippen LogP contribution in [0.5, 0.6) is 5.75 Å². The van der Waals surface area contributed by atoms with Crippen molar-refractivity contribution >= 4 is 6.03 Å². The number of amides is 2. The van der Waals surface area contributed by atoms with E-state index < -0.39 is 0 Å². The Hall–Kier alpha value is -1.75. The number of likely N-dealkylation sites (tertiary alicyclic amines) is 1. The predicted molar refractivity (Wildman–Crippen MR) is 86.1 cm³/mol. The Bertz CT molecular complexity index is 471. The maximum atomic E-state index is 12.1. The highest BCUT2D eigenvalue weighted by atomic mass is 16.5. The zero-order valence-electron chi connectivity index (χ0n) is 13.3. The second-order valence-electron chi connectivity index (χ2n) is 5.64. The van der Waals surface area contributed by atoms with Crippen molar-refractivity contribution in [3.8, 4) is 5.75 Å². The van der Waals surface area contributed by atoms with Gasteiger partial charge in [0.25, 0.3) is 0 Å². The first-order chi connectivity index (χ1) is 10.7. The molecule has 1 aromatic carbocycles. The minimum atomic E-state index is -0.00900. The van der Waals surface area contributed by atoms with Crippen LogP contribution in [0, 0.1) is 5.92 Å². The zero-order valence-corrected chi connectivity index (χ0v) is 13.3. The van der Waals surface area contributed by atoms with Gasteiger partial charge in [-0.15, -0.1) is 0 Å². The van der Waals surface area contributed by atoms with Crippen LogP contribution in [-0.4, -0.2) is 48.9 Å². The molecule has 2 rings (SSSR count). The van der Waals surface area contributed by atoms with E-state index in [1.54, 1.807) is 0 Å². The molecule has 1 aliphatic heterocycles. The monoisotopic (exact) mass is 306 g/mol. The largest absolute Gasteiger partial charge is 0.494 e. The van der Waals surface area contributed by atoms with Crippen LogP contribution in [0.15, 0.2) is 24.3 Å². The number of rotatable bonds is 6. The quantitative estimate of drug-likeness (QED) is 0.845. The van der Waals surface area contributed by atoms with E-state index in [-0.39, 0.29) is 12.6 Å². The molecule has 5 heteroatoms. The highest BCUT2D eigenvalue weighted by molar-refractivity contribution is 5.74. The van der Waals surface area contributed by atoms with Gasteiger partial charge < -0.3 is 20.1 Å². The third-order valence-electron chi connectivity index (χ3n) is 4.10. The van der Waals surface area contributed by atoms with Crippen molar-refractivity contribution in [3.05, 3.63) is 29.8 Å². The van der Waals surface area contributed by atoms with Gasteiger partial charge >= 0.3 is 6.03 Å². The predicted octanol–water partition coefficient (Wildman–Crippen LogP) is 2.04. The van der Waals surface area contributed by atoms with Crippen LogP contribution in [0.3, 0.4) is 0 Å². The summed E-state index contributed by atoms with van der Waals surface area (Å²) in [7, 11) is 0. The summed E-state index contributed by atoms with van der Waals surface area (Å²) in [4.78, 5) is 13.9. The first-order valence-electron chi connectivity index (χ1n) is 8.09. The van der Waals surface area contributed by atoms with E-state index in [0.29, 0.717) is 19.1 Å². The molecule has 22 heavy (non-hydrogen) atoms. The molecule has 0 atom stereocenters. The average Bonchev–Trinajstić information content (AvgIpc) is 2.56. The number of nitrogens with one attached hydrogen (secondary N) is 1. The summed E-state index contributed by atoms with van der Waals surface area (Å²) in [5.74, 6) is 1.24. The topological polar surface area (TPSA) is 61.8 Å². The van der Waals surface area contributed by atoms with Crippen molar-refractivity contribution < 1.29 is 14.6 Å². The Morgan fingerprint density at radius 1 is 1.36 bits per heavy atom. The number of carbonyl (C=O) groups excluding carboxylic acids is 1. The van der Waals surface area contributed by atoms with Gasteiger partial charge in [-0.2, -0.15) is 0 Å². The van der Waals surface area contributed by atoms with Crippen LogP contribution in [0.2, 0.25) is 0 Å². The second-order valence-corrected chi connectivity index (χ2v) is 5.64. The molecule has 1 aliphatic rings. The molecule has 0 aromatic heterocycles. The molecule has 0 saturated carbocycles. The van der Waals surface area contributed by atoms with Gasteiger partial charge in [0.1, 0.15) is 5.75 Å². The Labute approximate surface area is 132 Å². The highest BCUT2D eigenvalue weighted by Crippen LogP contribution is 2.18. The number of para-hydroxylation sites is 1. The number of carbonyl (C=O) groups is 1. The third kappa shape index (κ3) is 4.63. The summed E-state index contributed by atoms with van der Waals surface area (Å²) in [6, 6.07) is 7.92. The van der Waals surface area contributed by atoms with Crippen molar-refractivity contribution in [2.24, 2.45) is 5.92 Å². The van der Waals surface area contributed by atoms with Crippen LogP contribution in [0.25, 0.3) is 0 Å². The minimum Gasteiger partial charge on any atom is -0.494 e. The molecule has 1 heterocycles. The third-order valence-corrected chi connectivity index (χ3v) is 4.10. The molecule has 0 bridgehead atoms. The molecule has 0 radical (unpaired) electrons. The molecule has 0 unspecified atom stereocenters. The number of nitrogens with zero attached hydrogens (tertiary/aromatic N) is 1. The normalized spacial score (nSPS) is 15.6. The number of benzene rings is 1. The van der Waals surface area contributed by atoms with Gasteiger partial charge in [-0.05, 0) is 43.7 Å². The number of urea groups is 1. The first kappa shape index (κ1) is 16.6. The summed E-state index contributed by atoms with van der Waals surface area (Å²) in [6.45, 7) is 4.89. The number of hydrogen-bond acceptors (Lipinski definition) is 3. The summed E-state index contributed by atoms with van der Waals surface area (Å²) in [5, 5.41) is 12.1. The van der Waals surface area contributed by atoms with E-state index in [0.717, 1.165) is 43.7 Å². The molecule has 1 fully saturated rings. The van der Waals surface area contributed by atoms with E-state index in [1.165, 1.54) is 0 Å². The summed E-state index contributed by atoms with van der Waals surface area (Å²) in [6.07, 6.45) is 2.53. The van der Waals surface area contributed by atoms with Crippen molar-refractivity contribution in [2.75, 3.05) is 32.8 Å². The lowest BCUT2D eigenvalue weighted by molar-refractivity contribution is 0.137. The Morgan fingerprint density at radius 2 is 2.09 bits per heavy atom. The molecule has 1 aromatic rings. The van der Waals surface area contributed by atoms with Crippen LogP contribution in [-0.2, 0) is 6.42 Å². The number of aliphatic hydroxyl groups is 1. The Balaban J connectivity index is 1.75. The SMILES string of the molecule is CCOc1ccccc1CCNC(=O)N1CCC(CO)CC1. The van der Waals surface area contributed by atoms with Crippen LogP contribution in [0.1, 0.15) is 25.3 Å². The lowest BCUT2D eigenvalue weighted by atomic mass is 9.98. The Kier molecular flexibility index (Phi) is 6.52. The number of hydrogen-bond donors (Lipinski definition) is 2. The van der Waals surface area contributed by atoms with Gasteiger partial charge in [0, 0.05) is 26.2 Å². The smallest absolute Gasteiger partial charge is 0.317 e. The van der Waals surface area contributed by atoms with Crippen LogP contribution < -0.4 is 10.1 Å². The fourth-order valence-electron chi connectivity index (χ4n) is 2.74. The fourth-order valence-corrected chi connectivity index (χ4v) is 2.74. The lowest BCUT2D eigenvalue weighted by Gasteiger charge is -2.31. The first-order valence-corrected chi connectivity index (χ1v) is 8.09. The van der Waals surface area contributed by atoms with E-state index in [9.17, 15) is 4.79 Å². The molecule has 2 amide bonds. The number of aliphatic hydroxyl groups excluding tert-OH is 1. The summed E-state index contributed by atoms with van der Waals surface area (Å²) in [5.41, 5.74) is 1.11. The lowest BCUT2D eigenvalue weighted by Crippen LogP contribution is -2.45. The van der Waals surface area contributed by atoms with Crippen molar-refractivity contribution in [2.45, 2.75) is 26.2 Å². The maximum Gasteiger partial charge on any atom is 0.317 e. The molecular weight excluding hydrogens is 280 g/mol. The highest BCUT2D eigenvalue weighted by Gasteiger charge is 2.21. The molecule has 122 valence electrons. The van der Waals surface area contributed by atoms with Gasteiger partial charge in [0.2, 0.25) is 0 Å². The van der Waals surface area contributed by atoms with Crippen LogP contribution in [0.4, 0.5) is 4.79 Å². The Morgan fingerprint density at radius 3 is 2.77 bits per heavy atom. The van der Waals surface area contributed by atoms with Crippen molar-refractivity contribution in [1.29, 1.82) is 0 Å².